The molecule has 0 heterocycles. The molecule has 0 amide bonds. The fourth-order valence-corrected chi connectivity index (χ4v) is 1.05. The summed E-state index contributed by atoms with van der Waals surface area (Å²) < 4.78 is 0. The van der Waals surface area contributed by atoms with Crippen molar-refractivity contribution in [2.75, 3.05) is 19.8 Å². The third-order valence-electron chi connectivity index (χ3n) is 0.972. The maximum atomic E-state index is 3.88. The van der Waals surface area contributed by atoms with Crippen LogP contribution < -0.4 is 0 Å². The molecule has 9 heavy (non-hydrogen) atoms. The van der Waals surface area contributed by atoms with Gasteiger partial charge in [0.2, 0.25) is 0 Å². The Bertz CT molecular complexity index is 88.9. The number of nitrogens with zero attached hydrogens (tertiary/aromatic N) is 1. The molecule has 0 aromatic heterocycles. The lowest BCUT2D eigenvalue weighted by atomic mass is 10.6. The monoisotopic (exact) mass is 145 g/mol. The standard InChI is InChI=1S/C7H15NS/c1-5-6-9-7(2)8(3)4/h2,5-6H2,1,3-4H3. The smallest absolute Gasteiger partial charge is 0.0629 e. The molecular weight excluding hydrogens is 130 g/mol. The van der Waals surface area contributed by atoms with Gasteiger partial charge in [-0.1, -0.05) is 13.5 Å². The van der Waals surface area contributed by atoms with Gasteiger partial charge in [-0.25, -0.2) is 0 Å². The van der Waals surface area contributed by atoms with Crippen LogP contribution in [0.25, 0.3) is 0 Å². The molecule has 2 heteroatoms. The topological polar surface area (TPSA) is 3.24 Å². The summed E-state index contributed by atoms with van der Waals surface area (Å²) in [5.74, 6) is 1.18. The zero-order valence-corrected chi connectivity index (χ0v) is 7.29. The summed E-state index contributed by atoms with van der Waals surface area (Å²) >= 11 is 1.82. The summed E-state index contributed by atoms with van der Waals surface area (Å²) in [5, 5.41) is 1.15. The van der Waals surface area contributed by atoms with Crippen molar-refractivity contribution in [3.8, 4) is 0 Å². The summed E-state index contributed by atoms with van der Waals surface area (Å²) in [6.07, 6.45) is 1.22. The average molecular weight is 145 g/mol. The normalized spacial score (nSPS) is 9.22. The Hall–Kier alpha value is -0.110. The van der Waals surface area contributed by atoms with E-state index in [4.69, 9.17) is 0 Å². The zero-order chi connectivity index (χ0) is 7.28. The Morgan fingerprint density at radius 3 is 2.44 bits per heavy atom. The molecule has 0 radical (unpaired) electrons. The number of hydrogen-bond donors (Lipinski definition) is 0. The van der Waals surface area contributed by atoms with Gasteiger partial charge in [0.05, 0.1) is 5.03 Å². The summed E-state index contributed by atoms with van der Waals surface area (Å²) in [4.78, 5) is 2.04. The Morgan fingerprint density at radius 2 is 2.11 bits per heavy atom. The predicted octanol–water partition coefficient (Wildman–Crippen LogP) is 2.16. The largest absolute Gasteiger partial charge is 0.373 e. The van der Waals surface area contributed by atoms with Gasteiger partial charge in [0.1, 0.15) is 0 Å². The van der Waals surface area contributed by atoms with E-state index < -0.39 is 0 Å². The lowest BCUT2D eigenvalue weighted by Crippen LogP contribution is -2.07. The van der Waals surface area contributed by atoms with Crippen LogP contribution in [0.4, 0.5) is 0 Å². The van der Waals surface area contributed by atoms with E-state index in [-0.39, 0.29) is 0 Å². The Balaban J connectivity index is 3.28. The van der Waals surface area contributed by atoms with Crippen LogP contribution in [0.5, 0.6) is 0 Å². The highest BCUT2D eigenvalue weighted by atomic mass is 32.2. The van der Waals surface area contributed by atoms with Crippen molar-refractivity contribution >= 4 is 11.8 Å². The molecule has 0 atom stereocenters. The fraction of sp³-hybridized carbons (Fsp3) is 0.714. The van der Waals surface area contributed by atoms with Crippen molar-refractivity contribution in [1.82, 2.24) is 4.90 Å². The van der Waals surface area contributed by atoms with E-state index in [1.54, 1.807) is 0 Å². The summed E-state index contributed by atoms with van der Waals surface area (Å²) in [6.45, 7) is 6.06. The van der Waals surface area contributed by atoms with Gasteiger partial charge in [0, 0.05) is 14.1 Å². The molecule has 0 aliphatic carbocycles. The minimum atomic E-state index is 1.15. The highest BCUT2D eigenvalue weighted by Crippen LogP contribution is 2.15. The quantitative estimate of drug-likeness (QED) is 0.596. The van der Waals surface area contributed by atoms with E-state index in [1.165, 1.54) is 12.2 Å². The Kier molecular flexibility index (Phi) is 4.68. The molecule has 0 spiro atoms. The molecule has 0 saturated carbocycles. The van der Waals surface area contributed by atoms with E-state index in [2.05, 4.69) is 13.5 Å². The fourth-order valence-electron chi connectivity index (χ4n) is 0.349. The van der Waals surface area contributed by atoms with Crippen LogP contribution in [0.3, 0.4) is 0 Å². The van der Waals surface area contributed by atoms with Crippen LogP contribution in [0, 0.1) is 0 Å². The van der Waals surface area contributed by atoms with E-state index in [9.17, 15) is 0 Å². The van der Waals surface area contributed by atoms with Crippen LogP contribution in [0.15, 0.2) is 11.6 Å². The zero-order valence-electron chi connectivity index (χ0n) is 6.48. The van der Waals surface area contributed by atoms with Crippen molar-refractivity contribution in [2.45, 2.75) is 13.3 Å². The van der Waals surface area contributed by atoms with Gasteiger partial charge < -0.3 is 4.90 Å². The second-order valence-corrected chi connectivity index (χ2v) is 3.30. The molecule has 0 N–H and O–H groups in total. The lowest BCUT2D eigenvalue weighted by molar-refractivity contribution is 0.552. The first kappa shape index (κ1) is 8.89. The SMILES string of the molecule is C=C(SCCC)N(C)C. The molecule has 0 aliphatic rings. The number of thioether (sulfide) groups is 1. The first-order valence-electron chi connectivity index (χ1n) is 3.17. The molecular formula is C7H15NS. The Labute approximate surface area is 62.1 Å². The molecule has 0 rings (SSSR count). The molecule has 0 saturated heterocycles. The maximum Gasteiger partial charge on any atom is 0.0629 e. The van der Waals surface area contributed by atoms with Crippen LogP contribution in [-0.4, -0.2) is 24.7 Å². The van der Waals surface area contributed by atoms with E-state index in [1.807, 2.05) is 30.8 Å². The first-order valence-corrected chi connectivity index (χ1v) is 4.16. The molecule has 0 aromatic rings. The van der Waals surface area contributed by atoms with E-state index >= 15 is 0 Å². The molecule has 1 nitrogen and oxygen atoms in total. The molecule has 0 unspecified atom stereocenters. The maximum absolute atomic E-state index is 3.88. The molecule has 54 valence electrons. The lowest BCUT2D eigenvalue weighted by Gasteiger charge is -2.13. The Morgan fingerprint density at radius 1 is 1.56 bits per heavy atom. The van der Waals surface area contributed by atoms with Gasteiger partial charge in [-0.15, -0.1) is 11.8 Å². The van der Waals surface area contributed by atoms with Gasteiger partial charge in [0.15, 0.2) is 0 Å². The van der Waals surface area contributed by atoms with Gasteiger partial charge in [-0.2, -0.15) is 0 Å². The molecule has 0 fully saturated rings. The minimum absolute atomic E-state index is 1.15. The van der Waals surface area contributed by atoms with E-state index in [0.717, 1.165) is 5.03 Å². The summed E-state index contributed by atoms with van der Waals surface area (Å²) in [5.41, 5.74) is 0. The molecule has 0 aromatic carbocycles. The molecule has 0 bridgehead atoms. The van der Waals surface area contributed by atoms with Gasteiger partial charge in [-0.3, -0.25) is 0 Å². The van der Waals surface area contributed by atoms with Crippen LogP contribution in [0.2, 0.25) is 0 Å². The predicted molar refractivity (Wildman–Crippen MR) is 45.6 cm³/mol. The highest BCUT2D eigenvalue weighted by molar-refractivity contribution is 8.02. The van der Waals surface area contributed by atoms with Crippen LogP contribution in [0.1, 0.15) is 13.3 Å². The molecule has 0 aliphatic heterocycles. The van der Waals surface area contributed by atoms with Crippen molar-refractivity contribution in [3.05, 3.63) is 11.6 Å². The van der Waals surface area contributed by atoms with Crippen molar-refractivity contribution in [3.63, 3.8) is 0 Å². The van der Waals surface area contributed by atoms with Gasteiger partial charge in [0.25, 0.3) is 0 Å². The van der Waals surface area contributed by atoms with E-state index in [0.29, 0.717) is 0 Å². The number of hydrogen-bond acceptors (Lipinski definition) is 2. The van der Waals surface area contributed by atoms with Crippen LogP contribution in [-0.2, 0) is 0 Å². The van der Waals surface area contributed by atoms with Crippen LogP contribution >= 0.6 is 11.8 Å². The third kappa shape index (κ3) is 4.40. The van der Waals surface area contributed by atoms with Crippen molar-refractivity contribution in [2.24, 2.45) is 0 Å². The number of rotatable bonds is 4. The first-order chi connectivity index (χ1) is 4.18. The van der Waals surface area contributed by atoms with Gasteiger partial charge >= 0.3 is 0 Å². The second-order valence-electron chi connectivity index (χ2n) is 2.14. The highest BCUT2D eigenvalue weighted by Gasteiger charge is 1.93. The third-order valence-corrected chi connectivity index (χ3v) is 2.28. The van der Waals surface area contributed by atoms with Gasteiger partial charge in [-0.05, 0) is 12.2 Å². The summed E-state index contributed by atoms with van der Waals surface area (Å²) in [6, 6.07) is 0. The minimum Gasteiger partial charge on any atom is -0.373 e. The van der Waals surface area contributed by atoms with Crippen molar-refractivity contribution in [1.29, 1.82) is 0 Å². The van der Waals surface area contributed by atoms with Crippen molar-refractivity contribution < 1.29 is 0 Å². The average Bonchev–Trinajstić information content (AvgIpc) is 1.82. The summed E-state index contributed by atoms with van der Waals surface area (Å²) in [7, 11) is 4.04. The second kappa shape index (κ2) is 4.74.